The van der Waals surface area contributed by atoms with E-state index in [2.05, 4.69) is 11.2 Å². The third kappa shape index (κ3) is 2.75. The fourth-order valence-corrected chi connectivity index (χ4v) is 1.88. The second-order valence-electron chi connectivity index (χ2n) is 3.96. The lowest BCUT2D eigenvalue weighted by Crippen LogP contribution is -2.58. The molecular weight excluding hydrogens is 206 g/mol. The number of methoxy groups -OCH3 is 1. The second kappa shape index (κ2) is 5.88. The lowest BCUT2D eigenvalue weighted by molar-refractivity contribution is -0.155. The van der Waals surface area contributed by atoms with Crippen LogP contribution in [0.1, 0.15) is 19.8 Å². The Kier molecular flexibility index (Phi) is 4.78. The molecule has 1 aliphatic carbocycles. The maximum absolute atomic E-state index is 12.0. The van der Waals surface area contributed by atoms with Crippen LogP contribution < -0.4 is 5.32 Å². The molecule has 0 aromatic rings. The molecule has 4 nitrogen and oxygen atoms in total. The van der Waals surface area contributed by atoms with Gasteiger partial charge in [-0.15, -0.1) is 6.42 Å². The van der Waals surface area contributed by atoms with Crippen molar-refractivity contribution < 1.29 is 14.3 Å². The number of hydrogen-bond donors (Lipinski definition) is 1. The molecule has 1 saturated carbocycles. The van der Waals surface area contributed by atoms with E-state index in [-0.39, 0.29) is 11.9 Å². The van der Waals surface area contributed by atoms with Gasteiger partial charge in [0.2, 0.25) is 0 Å². The summed E-state index contributed by atoms with van der Waals surface area (Å²) >= 11 is 0. The van der Waals surface area contributed by atoms with E-state index in [0.717, 1.165) is 12.8 Å². The van der Waals surface area contributed by atoms with E-state index in [1.165, 1.54) is 0 Å². The van der Waals surface area contributed by atoms with Gasteiger partial charge in [-0.2, -0.15) is 0 Å². The summed E-state index contributed by atoms with van der Waals surface area (Å²) in [7, 11) is 1.58. The van der Waals surface area contributed by atoms with Crippen LogP contribution in [0.3, 0.4) is 0 Å². The molecule has 0 saturated heterocycles. The van der Waals surface area contributed by atoms with Gasteiger partial charge in [-0.25, -0.2) is 4.79 Å². The van der Waals surface area contributed by atoms with Crippen LogP contribution in [0.25, 0.3) is 0 Å². The normalized spacial score (nSPS) is 18.6. The van der Waals surface area contributed by atoms with Crippen molar-refractivity contribution in [2.45, 2.75) is 25.3 Å². The first-order valence-corrected chi connectivity index (χ1v) is 5.56. The maximum atomic E-state index is 12.0. The molecule has 1 fully saturated rings. The summed E-state index contributed by atoms with van der Waals surface area (Å²) in [5, 5.41) is 3.09. The highest BCUT2D eigenvalue weighted by Gasteiger charge is 2.51. The van der Waals surface area contributed by atoms with Gasteiger partial charge in [-0.1, -0.05) is 5.92 Å². The first-order valence-electron chi connectivity index (χ1n) is 5.56. The zero-order valence-corrected chi connectivity index (χ0v) is 9.91. The Morgan fingerprint density at radius 2 is 2.31 bits per heavy atom. The zero-order chi connectivity index (χ0) is 12.0. The Hall–Kier alpha value is -1.05. The van der Waals surface area contributed by atoms with Crippen LogP contribution in [-0.4, -0.2) is 38.4 Å². The summed E-state index contributed by atoms with van der Waals surface area (Å²) in [5.74, 6) is 2.51. The minimum Gasteiger partial charge on any atom is -0.465 e. The number of esters is 1. The topological polar surface area (TPSA) is 47.6 Å². The molecule has 0 spiro atoms. The van der Waals surface area contributed by atoms with Gasteiger partial charge in [-0.05, 0) is 25.7 Å². The van der Waals surface area contributed by atoms with E-state index in [9.17, 15) is 4.79 Å². The monoisotopic (exact) mass is 225 g/mol. The van der Waals surface area contributed by atoms with Gasteiger partial charge in [0.1, 0.15) is 5.54 Å². The summed E-state index contributed by atoms with van der Waals surface area (Å²) in [6.07, 6.45) is 7.25. The Morgan fingerprint density at radius 1 is 1.62 bits per heavy atom. The van der Waals surface area contributed by atoms with Crippen molar-refractivity contribution in [2.75, 3.05) is 26.9 Å². The predicted molar refractivity (Wildman–Crippen MR) is 60.8 cm³/mol. The quantitative estimate of drug-likeness (QED) is 0.508. The van der Waals surface area contributed by atoms with E-state index in [1.54, 1.807) is 14.0 Å². The lowest BCUT2D eigenvalue weighted by atomic mass is 9.94. The van der Waals surface area contributed by atoms with Crippen molar-refractivity contribution in [3.63, 3.8) is 0 Å². The largest absolute Gasteiger partial charge is 0.465 e. The minimum atomic E-state index is -0.753. The number of terminal acetylenes is 1. The van der Waals surface area contributed by atoms with Crippen LogP contribution in [-0.2, 0) is 14.3 Å². The molecule has 0 aliphatic heterocycles. The second-order valence-corrected chi connectivity index (χ2v) is 3.96. The number of ether oxygens (including phenoxy) is 2. The maximum Gasteiger partial charge on any atom is 0.329 e. The Morgan fingerprint density at radius 3 is 2.75 bits per heavy atom. The van der Waals surface area contributed by atoms with Crippen molar-refractivity contribution in [1.29, 1.82) is 0 Å². The fraction of sp³-hybridized carbons (Fsp3) is 0.750. The van der Waals surface area contributed by atoms with Crippen molar-refractivity contribution in [2.24, 2.45) is 5.92 Å². The SMILES string of the molecule is C#CCNC(COC)(C(=O)OCC)C1CC1. The van der Waals surface area contributed by atoms with Crippen LogP contribution in [0, 0.1) is 18.3 Å². The molecule has 90 valence electrons. The van der Waals surface area contributed by atoms with Crippen molar-refractivity contribution in [3.05, 3.63) is 0 Å². The molecule has 4 heteroatoms. The predicted octanol–water partition coefficient (Wildman–Crippen LogP) is 0.567. The molecule has 0 bridgehead atoms. The van der Waals surface area contributed by atoms with Gasteiger partial charge in [0, 0.05) is 7.11 Å². The van der Waals surface area contributed by atoms with Gasteiger partial charge in [0.25, 0.3) is 0 Å². The zero-order valence-electron chi connectivity index (χ0n) is 9.91. The number of carbonyl (C=O) groups is 1. The van der Waals surface area contributed by atoms with Crippen LogP contribution in [0.5, 0.6) is 0 Å². The standard InChI is InChI=1S/C12H19NO3/c1-4-8-13-12(9-15-3,10-6-7-10)11(14)16-5-2/h1,10,13H,5-9H2,2-3H3. The minimum absolute atomic E-state index is 0.255. The van der Waals surface area contributed by atoms with E-state index in [0.29, 0.717) is 19.8 Å². The summed E-state index contributed by atoms with van der Waals surface area (Å²) < 4.78 is 10.2. The van der Waals surface area contributed by atoms with Gasteiger partial charge in [-0.3, -0.25) is 5.32 Å². The fourth-order valence-electron chi connectivity index (χ4n) is 1.88. The van der Waals surface area contributed by atoms with E-state index in [1.807, 2.05) is 0 Å². The van der Waals surface area contributed by atoms with Gasteiger partial charge in [0.05, 0.1) is 19.8 Å². The van der Waals surface area contributed by atoms with Gasteiger partial charge in [0.15, 0.2) is 0 Å². The third-order valence-electron chi connectivity index (χ3n) is 2.79. The average molecular weight is 225 g/mol. The number of rotatable bonds is 7. The summed E-state index contributed by atoms with van der Waals surface area (Å²) in [6.45, 7) is 2.81. The molecule has 1 N–H and O–H groups in total. The Balaban J connectivity index is 2.78. The summed E-state index contributed by atoms with van der Waals surface area (Å²) in [6, 6.07) is 0. The van der Waals surface area contributed by atoms with Crippen LogP contribution in [0.4, 0.5) is 0 Å². The molecule has 1 aliphatic rings. The van der Waals surface area contributed by atoms with Crippen molar-refractivity contribution in [1.82, 2.24) is 5.32 Å². The number of hydrogen-bond acceptors (Lipinski definition) is 4. The molecule has 0 aromatic heterocycles. The highest BCUT2D eigenvalue weighted by Crippen LogP contribution is 2.40. The van der Waals surface area contributed by atoms with Gasteiger partial charge >= 0.3 is 5.97 Å². The van der Waals surface area contributed by atoms with Crippen LogP contribution in [0.2, 0.25) is 0 Å². The Bertz CT molecular complexity index is 280. The Labute approximate surface area is 96.7 Å². The van der Waals surface area contributed by atoms with Crippen LogP contribution in [0.15, 0.2) is 0 Å². The van der Waals surface area contributed by atoms with Crippen LogP contribution >= 0.6 is 0 Å². The molecule has 0 heterocycles. The highest BCUT2D eigenvalue weighted by molar-refractivity contribution is 5.82. The first kappa shape index (κ1) is 13.0. The smallest absolute Gasteiger partial charge is 0.329 e. The number of nitrogens with one attached hydrogen (secondary N) is 1. The summed E-state index contributed by atoms with van der Waals surface area (Å²) in [4.78, 5) is 12.0. The molecule has 1 rings (SSSR count). The highest BCUT2D eigenvalue weighted by atomic mass is 16.5. The van der Waals surface area contributed by atoms with Crippen molar-refractivity contribution >= 4 is 5.97 Å². The van der Waals surface area contributed by atoms with E-state index >= 15 is 0 Å². The number of carbonyl (C=O) groups excluding carboxylic acids is 1. The molecule has 1 unspecified atom stereocenters. The molecule has 0 amide bonds. The lowest BCUT2D eigenvalue weighted by Gasteiger charge is -2.31. The molecule has 16 heavy (non-hydrogen) atoms. The van der Waals surface area contributed by atoms with Crippen molar-refractivity contribution in [3.8, 4) is 12.3 Å². The van der Waals surface area contributed by atoms with E-state index in [4.69, 9.17) is 15.9 Å². The van der Waals surface area contributed by atoms with Gasteiger partial charge < -0.3 is 9.47 Å². The molecular formula is C12H19NO3. The summed E-state index contributed by atoms with van der Waals surface area (Å²) in [5.41, 5.74) is -0.753. The molecule has 0 aromatic carbocycles. The molecule has 0 radical (unpaired) electrons. The molecule has 1 atom stereocenters. The third-order valence-corrected chi connectivity index (χ3v) is 2.79. The first-order chi connectivity index (χ1) is 7.71. The van der Waals surface area contributed by atoms with E-state index < -0.39 is 5.54 Å². The average Bonchev–Trinajstić information content (AvgIpc) is 3.08.